The summed E-state index contributed by atoms with van der Waals surface area (Å²) in [6.45, 7) is 3.44. The van der Waals surface area contributed by atoms with Gasteiger partial charge in [0.25, 0.3) is 5.69 Å². The summed E-state index contributed by atoms with van der Waals surface area (Å²) < 4.78 is 7.24. The van der Waals surface area contributed by atoms with Gasteiger partial charge in [0.15, 0.2) is 6.61 Å². The zero-order valence-electron chi connectivity index (χ0n) is 15.4. The van der Waals surface area contributed by atoms with Gasteiger partial charge in [-0.3, -0.25) is 14.9 Å². The topological polar surface area (TPSA) is 103 Å². The highest BCUT2D eigenvalue weighted by Crippen LogP contribution is 2.38. The fourth-order valence-corrected chi connectivity index (χ4v) is 3.27. The van der Waals surface area contributed by atoms with Crippen molar-refractivity contribution in [3.8, 4) is 0 Å². The molecule has 1 aromatic heterocycles. The number of nitrogens with zero attached hydrogens (tertiary/aromatic N) is 2. The summed E-state index contributed by atoms with van der Waals surface area (Å²) in [5.41, 5.74) is 2.53. The second kappa shape index (κ2) is 7.22. The number of rotatable bonds is 7. The zero-order chi connectivity index (χ0) is 19.7. The molecule has 1 aliphatic carbocycles. The first kappa shape index (κ1) is 18.6. The fourth-order valence-electron chi connectivity index (χ4n) is 3.27. The van der Waals surface area contributed by atoms with E-state index in [0.29, 0.717) is 17.3 Å². The van der Waals surface area contributed by atoms with Gasteiger partial charge >= 0.3 is 5.97 Å². The van der Waals surface area contributed by atoms with Gasteiger partial charge in [-0.2, -0.15) is 0 Å². The number of aryl methyl sites for hydroxylation is 1. The van der Waals surface area contributed by atoms with Crippen LogP contribution in [0.25, 0.3) is 0 Å². The maximum Gasteiger partial charge on any atom is 0.338 e. The number of aromatic nitrogens is 1. The molecule has 1 fully saturated rings. The molecule has 0 radical (unpaired) electrons. The lowest BCUT2D eigenvalue weighted by atomic mass is 10.1. The Kier molecular flexibility index (Phi) is 4.98. The molecular formula is C19H21N3O5. The Morgan fingerprint density at radius 1 is 1.30 bits per heavy atom. The van der Waals surface area contributed by atoms with Crippen LogP contribution >= 0.6 is 0 Å². The van der Waals surface area contributed by atoms with Crippen LogP contribution < -0.4 is 5.32 Å². The van der Waals surface area contributed by atoms with Crippen molar-refractivity contribution < 1.29 is 19.2 Å². The molecule has 27 heavy (non-hydrogen) atoms. The minimum atomic E-state index is -0.773. The Morgan fingerprint density at radius 3 is 2.59 bits per heavy atom. The highest BCUT2D eigenvalue weighted by Gasteiger charge is 2.28. The van der Waals surface area contributed by atoms with Crippen LogP contribution in [0.2, 0.25) is 0 Å². The second-order valence-electron chi connectivity index (χ2n) is 6.62. The van der Waals surface area contributed by atoms with Gasteiger partial charge < -0.3 is 14.6 Å². The summed E-state index contributed by atoms with van der Waals surface area (Å²) in [7, 11) is 1.55. The molecule has 0 bridgehead atoms. The van der Waals surface area contributed by atoms with Crippen molar-refractivity contribution in [2.45, 2.75) is 32.7 Å². The Balaban J connectivity index is 1.71. The van der Waals surface area contributed by atoms with Crippen LogP contribution in [0.4, 0.5) is 11.4 Å². The Labute approximate surface area is 156 Å². The number of hydrogen-bond donors (Lipinski definition) is 1. The average molecular weight is 371 g/mol. The van der Waals surface area contributed by atoms with Gasteiger partial charge in [-0.05, 0) is 44.9 Å². The molecule has 1 saturated carbocycles. The molecule has 8 heteroatoms. The van der Waals surface area contributed by atoms with Crippen molar-refractivity contribution in [1.29, 1.82) is 0 Å². The SMILES string of the molecule is CNc1ccc(C(=O)OCC(=O)c2cc(C)n(C3CC3)c2C)cc1[N+](=O)[O-]. The third-order valence-corrected chi connectivity index (χ3v) is 4.73. The standard InChI is InChI=1S/C19H21N3O5/c1-11-8-15(12(2)21(11)14-5-6-14)18(23)10-27-19(24)13-4-7-16(20-3)17(9-13)22(25)26/h4,7-9,14,20H,5-6,10H2,1-3H3. The van der Waals surface area contributed by atoms with Gasteiger partial charge in [-0.25, -0.2) is 4.79 Å². The summed E-state index contributed by atoms with van der Waals surface area (Å²) >= 11 is 0. The number of carbonyl (C=O) groups is 2. The summed E-state index contributed by atoms with van der Waals surface area (Å²) in [6, 6.07) is 6.26. The van der Waals surface area contributed by atoms with Crippen LogP contribution in [0.3, 0.4) is 0 Å². The lowest BCUT2D eigenvalue weighted by Crippen LogP contribution is -2.15. The maximum atomic E-state index is 12.5. The van der Waals surface area contributed by atoms with Crippen molar-refractivity contribution in [3.63, 3.8) is 0 Å². The lowest BCUT2D eigenvalue weighted by molar-refractivity contribution is -0.384. The molecule has 0 unspecified atom stereocenters. The molecule has 1 N–H and O–H groups in total. The largest absolute Gasteiger partial charge is 0.454 e. The Hall–Kier alpha value is -3.16. The van der Waals surface area contributed by atoms with E-state index in [1.165, 1.54) is 12.1 Å². The van der Waals surface area contributed by atoms with Gasteiger partial charge in [0.2, 0.25) is 5.78 Å². The smallest absolute Gasteiger partial charge is 0.338 e. The van der Waals surface area contributed by atoms with E-state index in [9.17, 15) is 19.7 Å². The first-order valence-corrected chi connectivity index (χ1v) is 8.68. The number of benzene rings is 1. The number of hydrogen-bond acceptors (Lipinski definition) is 6. The van der Waals surface area contributed by atoms with Crippen molar-refractivity contribution in [2.24, 2.45) is 0 Å². The predicted octanol–water partition coefficient (Wildman–Crippen LogP) is 3.43. The number of ketones is 1. The number of nitro benzene ring substituents is 1. The van der Waals surface area contributed by atoms with Gasteiger partial charge in [0.05, 0.1) is 10.5 Å². The monoisotopic (exact) mass is 371 g/mol. The first-order chi connectivity index (χ1) is 12.8. The summed E-state index contributed by atoms with van der Waals surface area (Å²) in [5.74, 6) is -1.06. The highest BCUT2D eigenvalue weighted by atomic mass is 16.6. The average Bonchev–Trinajstić information content (AvgIpc) is 3.43. The quantitative estimate of drug-likeness (QED) is 0.346. The third kappa shape index (κ3) is 3.69. The number of anilines is 1. The molecule has 2 aromatic rings. The number of nitrogens with one attached hydrogen (secondary N) is 1. The van der Waals surface area contributed by atoms with Gasteiger partial charge in [0, 0.05) is 36.1 Å². The van der Waals surface area contributed by atoms with Gasteiger partial charge in [0.1, 0.15) is 5.69 Å². The molecule has 0 atom stereocenters. The van der Waals surface area contributed by atoms with E-state index < -0.39 is 17.5 Å². The zero-order valence-corrected chi connectivity index (χ0v) is 15.4. The second-order valence-corrected chi connectivity index (χ2v) is 6.62. The maximum absolute atomic E-state index is 12.5. The van der Waals surface area contributed by atoms with E-state index in [1.54, 1.807) is 7.05 Å². The minimum absolute atomic E-state index is 0.0250. The lowest BCUT2D eigenvalue weighted by Gasteiger charge is -2.08. The molecule has 1 heterocycles. The third-order valence-electron chi connectivity index (χ3n) is 4.73. The normalized spacial score (nSPS) is 13.3. The number of carbonyl (C=O) groups excluding carboxylic acids is 2. The Morgan fingerprint density at radius 2 is 2.00 bits per heavy atom. The molecule has 1 aromatic carbocycles. The molecule has 8 nitrogen and oxygen atoms in total. The fraction of sp³-hybridized carbons (Fsp3) is 0.368. The summed E-state index contributed by atoms with van der Waals surface area (Å²) in [4.78, 5) is 35.2. The number of ether oxygens (including phenoxy) is 1. The van der Waals surface area contributed by atoms with E-state index in [2.05, 4.69) is 9.88 Å². The van der Waals surface area contributed by atoms with E-state index in [0.717, 1.165) is 30.3 Å². The van der Waals surface area contributed by atoms with Crippen LogP contribution in [0.1, 0.15) is 51.0 Å². The van der Waals surface area contributed by atoms with Crippen LogP contribution in [-0.4, -0.2) is 34.9 Å². The molecule has 0 spiro atoms. The molecule has 142 valence electrons. The molecule has 3 rings (SSSR count). The Bertz CT molecular complexity index is 928. The van der Waals surface area contributed by atoms with Gasteiger partial charge in [-0.15, -0.1) is 0 Å². The van der Waals surface area contributed by atoms with Crippen LogP contribution in [-0.2, 0) is 4.74 Å². The predicted molar refractivity (Wildman–Crippen MR) is 99.4 cm³/mol. The van der Waals surface area contributed by atoms with Crippen LogP contribution in [0.5, 0.6) is 0 Å². The van der Waals surface area contributed by atoms with E-state index in [-0.39, 0.29) is 17.0 Å². The molecular weight excluding hydrogens is 350 g/mol. The molecule has 0 amide bonds. The van der Waals surface area contributed by atoms with E-state index in [4.69, 9.17) is 4.74 Å². The molecule has 0 saturated heterocycles. The van der Waals surface area contributed by atoms with E-state index in [1.807, 2.05) is 19.9 Å². The summed E-state index contributed by atoms with van der Waals surface area (Å²) in [6.07, 6.45) is 2.22. The molecule has 1 aliphatic rings. The van der Waals surface area contributed by atoms with Crippen molar-refractivity contribution >= 4 is 23.1 Å². The van der Waals surface area contributed by atoms with E-state index >= 15 is 0 Å². The van der Waals surface area contributed by atoms with Crippen molar-refractivity contribution in [1.82, 2.24) is 4.57 Å². The van der Waals surface area contributed by atoms with Crippen molar-refractivity contribution in [2.75, 3.05) is 19.0 Å². The molecule has 0 aliphatic heterocycles. The highest BCUT2D eigenvalue weighted by molar-refractivity contribution is 6.00. The van der Waals surface area contributed by atoms with Crippen LogP contribution in [0.15, 0.2) is 24.3 Å². The van der Waals surface area contributed by atoms with Gasteiger partial charge in [-0.1, -0.05) is 0 Å². The minimum Gasteiger partial charge on any atom is -0.454 e. The number of Topliss-reactive ketones (excluding diaryl/α,β-unsaturated/α-hetero) is 1. The van der Waals surface area contributed by atoms with Crippen molar-refractivity contribution in [3.05, 3.63) is 56.9 Å². The summed E-state index contributed by atoms with van der Waals surface area (Å²) in [5, 5.41) is 13.8. The first-order valence-electron chi connectivity index (χ1n) is 8.68. The number of nitro groups is 1. The number of esters is 1. The van der Waals surface area contributed by atoms with Crippen LogP contribution in [0, 0.1) is 24.0 Å².